The predicted molar refractivity (Wildman–Crippen MR) is 61.9 cm³/mol. The molecule has 0 N–H and O–H groups in total. The highest BCUT2D eigenvalue weighted by Gasteiger charge is 2.25. The maximum atomic E-state index is 10.9. The Morgan fingerprint density at radius 3 is 3.12 bits per heavy atom. The third-order valence-electron chi connectivity index (χ3n) is 2.91. The highest BCUT2D eigenvalue weighted by Crippen LogP contribution is 2.28. The maximum absolute atomic E-state index is 10.9. The number of aromatic nitrogens is 1. The SMILES string of the molecule is O=CC1CCCN(c2ncccc2[N+](=O)[O-])C1. The van der Waals surface area contributed by atoms with E-state index in [0.29, 0.717) is 18.9 Å². The summed E-state index contributed by atoms with van der Waals surface area (Å²) in [6.07, 6.45) is 4.16. The second-order valence-corrected chi connectivity index (χ2v) is 4.09. The molecule has 0 bridgehead atoms. The van der Waals surface area contributed by atoms with Crippen molar-refractivity contribution in [2.24, 2.45) is 5.92 Å². The minimum absolute atomic E-state index is 0.000881. The Hall–Kier alpha value is -1.98. The zero-order chi connectivity index (χ0) is 12.3. The van der Waals surface area contributed by atoms with Crippen LogP contribution in [0.2, 0.25) is 0 Å². The topological polar surface area (TPSA) is 76.3 Å². The van der Waals surface area contributed by atoms with E-state index in [1.54, 1.807) is 6.07 Å². The number of anilines is 1. The molecule has 0 aliphatic carbocycles. The summed E-state index contributed by atoms with van der Waals surface area (Å²) in [6.45, 7) is 1.23. The molecule has 6 heteroatoms. The van der Waals surface area contributed by atoms with E-state index < -0.39 is 4.92 Å². The van der Waals surface area contributed by atoms with Gasteiger partial charge in [0.1, 0.15) is 6.29 Å². The van der Waals surface area contributed by atoms with Crippen molar-refractivity contribution in [3.63, 3.8) is 0 Å². The Morgan fingerprint density at radius 2 is 2.41 bits per heavy atom. The molecule has 1 fully saturated rings. The number of nitrogens with zero attached hydrogens (tertiary/aromatic N) is 3. The fourth-order valence-electron chi connectivity index (χ4n) is 2.09. The second-order valence-electron chi connectivity index (χ2n) is 4.09. The number of hydrogen-bond acceptors (Lipinski definition) is 5. The van der Waals surface area contributed by atoms with Gasteiger partial charge in [-0.25, -0.2) is 4.98 Å². The highest BCUT2D eigenvalue weighted by molar-refractivity contribution is 5.61. The van der Waals surface area contributed by atoms with Crippen LogP contribution in [0.5, 0.6) is 0 Å². The van der Waals surface area contributed by atoms with Gasteiger partial charge in [0.15, 0.2) is 0 Å². The van der Waals surface area contributed by atoms with Gasteiger partial charge in [-0.05, 0) is 18.9 Å². The molecule has 0 aromatic carbocycles. The second kappa shape index (κ2) is 4.90. The number of rotatable bonds is 3. The minimum Gasteiger partial charge on any atom is -0.350 e. The van der Waals surface area contributed by atoms with Crippen LogP contribution in [0.3, 0.4) is 0 Å². The van der Waals surface area contributed by atoms with Crippen molar-refractivity contribution in [3.05, 3.63) is 28.4 Å². The molecule has 17 heavy (non-hydrogen) atoms. The molecule has 1 aromatic heterocycles. The lowest BCUT2D eigenvalue weighted by Gasteiger charge is -2.30. The third kappa shape index (κ3) is 2.41. The molecule has 1 aliphatic heterocycles. The van der Waals surface area contributed by atoms with Crippen LogP contribution in [0.4, 0.5) is 11.5 Å². The van der Waals surface area contributed by atoms with Crippen LogP contribution >= 0.6 is 0 Å². The molecule has 0 saturated carbocycles. The summed E-state index contributed by atoms with van der Waals surface area (Å²) >= 11 is 0. The van der Waals surface area contributed by atoms with Crippen LogP contribution in [0.1, 0.15) is 12.8 Å². The van der Waals surface area contributed by atoms with Gasteiger partial charge < -0.3 is 9.69 Å². The highest BCUT2D eigenvalue weighted by atomic mass is 16.6. The summed E-state index contributed by atoms with van der Waals surface area (Å²) in [5.74, 6) is 0.314. The normalized spacial score (nSPS) is 20.0. The first-order valence-electron chi connectivity index (χ1n) is 5.52. The molecular formula is C11H13N3O3. The standard InChI is InChI=1S/C11H13N3O3/c15-8-9-3-2-6-13(7-9)11-10(14(16)17)4-1-5-12-11/h1,4-5,8-9H,2-3,6-7H2. The van der Waals surface area contributed by atoms with E-state index in [0.717, 1.165) is 19.1 Å². The summed E-state index contributed by atoms with van der Waals surface area (Å²) in [5, 5.41) is 10.9. The van der Waals surface area contributed by atoms with Crippen molar-refractivity contribution in [1.82, 2.24) is 4.98 Å². The van der Waals surface area contributed by atoms with E-state index >= 15 is 0 Å². The van der Waals surface area contributed by atoms with Gasteiger partial charge in [0.25, 0.3) is 0 Å². The Bertz CT molecular complexity index is 436. The Kier molecular flexibility index (Phi) is 3.32. The molecule has 2 heterocycles. The van der Waals surface area contributed by atoms with Gasteiger partial charge in [-0.2, -0.15) is 0 Å². The van der Waals surface area contributed by atoms with Gasteiger partial charge >= 0.3 is 5.69 Å². The zero-order valence-corrected chi connectivity index (χ0v) is 9.28. The average Bonchev–Trinajstić information content (AvgIpc) is 2.39. The summed E-state index contributed by atoms with van der Waals surface area (Å²) in [4.78, 5) is 27.1. The molecule has 1 unspecified atom stereocenters. The first-order chi connectivity index (χ1) is 8.22. The number of piperidine rings is 1. The van der Waals surface area contributed by atoms with Gasteiger partial charge in [0, 0.05) is 31.3 Å². The number of nitro groups is 1. The summed E-state index contributed by atoms with van der Waals surface area (Å²) in [7, 11) is 0. The van der Waals surface area contributed by atoms with Crippen LogP contribution in [0.25, 0.3) is 0 Å². The summed E-state index contributed by atoms with van der Waals surface area (Å²) in [6, 6.07) is 2.98. The fraction of sp³-hybridized carbons (Fsp3) is 0.455. The van der Waals surface area contributed by atoms with E-state index in [4.69, 9.17) is 0 Å². The molecule has 6 nitrogen and oxygen atoms in total. The van der Waals surface area contributed by atoms with Crippen molar-refractivity contribution >= 4 is 17.8 Å². The van der Waals surface area contributed by atoms with Crippen molar-refractivity contribution < 1.29 is 9.72 Å². The van der Waals surface area contributed by atoms with Crippen LogP contribution in [0, 0.1) is 16.0 Å². The molecule has 1 aromatic rings. The average molecular weight is 235 g/mol. The van der Waals surface area contributed by atoms with Crippen molar-refractivity contribution in [2.75, 3.05) is 18.0 Å². The number of aldehydes is 1. The van der Waals surface area contributed by atoms with Crippen LogP contribution in [0.15, 0.2) is 18.3 Å². The number of carbonyl (C=O) groups excluding carboxylic acids is 1. The number of hydrogen-bond donors (Lipinski definition) is 0. The maximum Gasteiger partial charge on any atom is 0.311 e. The molecular weight excluding hydrogens is 222 g/mol. The van der Waals surface area contributed by atoms with Crippen molar-refractivity contribution in [1.29, 1.82) is 0 Å². The quantitative estimate of drug-likeness (QED) is 0.449. The lowest BCUT2D eigenvalue weighted by Crippen LogP contribution is -2.36. The van der Waals surface area contributed by atoms with Gasteiger partial charge in [0.2, 0.25) is 5.82 Å². The Labute approximate surface area is 98.4 Å². The van der Waals surface area contributed by atoms with E-state index in [9.17, 15) is 14.9 Å². The smallest absolute Gasteiger partial charge is 0.311 e. The van der Waals surface area contributed by atoms with E-state index in [-0.39, 0.29) is 11.6 Å². The minimum atomic E-state index is -0.438. The molecule has 0 spiro atoms. The summed E-state index contributed by atoms with van der Waals surface area (Å²) in [5.41, 5.74) is -0.000881. The van der Waals surface area contributed by atoms with Crippen molar-refractivity contribution in [2.45, 2.75) is 12.8 Å². The number of pyridine rings is 1. The van der Waals surface area contributed by atoms with E-state index in [1.807, 2.05) is 4.90 Å². The van der Waals surface area contributed by atoms with E-state index in [2.05, 4.69) is 4.98 Å². The molecule has 1 atom stereocenters. The molecule has 1 aliphatic rings. The van der Waals surface area contributed by atoms with Gasteiger partial charge in [0.05, 0.1) is 4.92 Å². The predicted octanol–water partition coefficient (Wildman–Crippen LogP) is 1.41. The Morgan fingerprint density at radius 1 is 1.59 bits per heavy atom. The number of carbonyl (C=O) groups is 1. The molecule has 0 radical (unpaired) electrons. The van der Waals surface area contributed by atoms with Gasteiger partial charge in [-0.1, -0.05) is 0 Å². The van der Waals surface area contributed by atoms with Crippen molar-refractivity contribution in [3.8, 4) is 0 Å². The van der Waals surface area contributed by atoms with Gasteiger partial charge in [-0.3, -0.25) is 10.1 Å². The molecule has 2 rings (SSSR count). The largest absolute Gasteiger partial charge is 0.350 e. The first kappa shape index (κ1) is 11.5. The summed E-state index contributed by atoms with van der Waals surface area (Å²) < 4.78 is 0. The lowest BCUT2D eigenvalue weighted by atomic mass is 10.00. The monoisotopic (exact) mass is 235 g/mol. The fourth-order valence-corrected chi connectivity index (χ4v) is 2.09. The van der Waals surface area contributed by atoms with Crippen LogP contribution in [-0.4, -0.2) is 29.3 Å². The lowest BCUT2D eigenvalue weighted by molar-refractivity contribution is -0.384. The van der Waals surface area contributed by atoms with Gasteiger partial charge in [-0.15, -0.1) is 0 Å². The molecule has 0 amide bonds. The molecule has 1 saturated heterocycles. The molecule has 90 valence electrons. The third-order valence-corrected chi connectivity index (χ3v) is 2.91. The van der Waals surface area contributed by atoms with Crippen LogP contribution in [-0.2, 0) is 4.79 Å². The first-order valence-corrected chi connectivity index (χ1v) is 5.52. The van der Waals surface area contributed by atoms with Crippen LogP contribution < -0.4 is 4.90 Å². The zero-order valence-electron chi connectivity index (χ0n) is 9.28. The Balaban J connectivity index is 2.27. The van der Waals surface area contributed by atoms with E-state index in [1.165, 1.54) is 12.3 Å².